The molecule has 0 spiro atoms. The number of rotatable bonds is 7. The smallest absolute Gasteiger partial charge is 0.232 e. The summed E-state index contributed by atoms with van der Waals surface area (Å²) in [4.78, 5) is 4.46. The third-order valence-electron chi connectivity index (χ3n) is 3.27. The number of ether oxygens (including phenoxy) is 1. The van der Waals surface area contributed by atoms with Crippen molar-refractivity contribution < 1.29 is 13.7 Å². The Balaban J connectivity index is 2.00. The van der Waals surface area contributed by atoms with E-state index in [0.717, 1.165) is 36.0 Å². The lowest BCUT2D eigenvalue weighted by atomic mass is 10.1. The molecule has 0 amide bonds. The van der Waals surface area contributed by atoms with Gasteiger partial charge in [-0.15, -0.1) is 0 Å². The molecule has 0 unspecified atom stereocenters. The molecule has 21 heavy (non-hydrogen) atoms. The molecule has 2 aromatic rings. The zero-order valence-corrected chi connectivity index (χ0v) is 13.3. The summed E-state index contributed by atoms with van der Waals surface area (Å²) in [5, 5.41) is 4.06. The Kier molecular flexibility index (Phi) is 5.09. The van der Waals surface area contributed by atoms with Crippen LogP contribution in [0.2, 0.25) is 0 Å². The van der Waals surface area contributed by atoms with E-state index in [0.29, 0.717) is 11.7 Å². The summed E-state index contributed by atoms with van der Waals surface area (Å²) in [7, 11) is 8.16. The number of hydrogen-bond donors (Lipinski definition) is 0. The third-order valence-corrected chi connectivity index (χ3v) is 3.27. The minimum atomic E-state index is 0.657. The molecule has 1 aromatic heterocycles. The molecule has 0 bridgehead atoms. The third kappa shape index (κ3) is 4.95. The molecule has 5 heteroatoms. The Morgan fingerprint density at radius 3 is 2.43 bits per heavy atom. The summed E-state index contributed by atoms with van der Waals surface area (Å²) in [6.45, 7) is 1.70. The van der Waals surface area contributed by atoms with Gasteiger partial charge in [-0.1, -0.05) is 29.4 Å². The van der Waals surface area contributed by atoms with Crippen LogP contribution in [0.3, 0.4) is 0 Å². The molecule has 0 radical (unpaired) electrons. The first-order valence-electron chi connectivity index (χ1n) is 7.19. The van der Waals surface area contributed by atoms with Gasteiger partial charge in [-0.3, -0.25) is 0 Å². The number of aromatic nitrogens is 2. The summed E-state index contributed by atoms with van der Waals surface area (Å²) < 4.78 is 11.3. The van der Waals surface area contributed by atoms with Gasteiger partial charge in [-0.05, 0) is 12.0 Å². The number of nitrogens with zero attached hydrogens (tertiary/aromatic N) is 3. The fraction of sp³-hybridized carbons (Fsp3) is 0.500. The molecule has 0 aliphatic carbocycles. The van der Waals surface area contributed by atoms with Gasteiger partial charge in [0.1, 0.15) is 0 Å². The van der Waals surface area contributed by atoms with Gasteiger partial charge in [-0.25, -0.2) is 0 Å². The van der Waals surface area contributed by atoms with E-state index in [4.69, 9.17) is 9.26 Å². The zero-order valence-electron chi connectivity index (χ0n) is 13.3. The van der Waals surface area contributed by atoms with Crippen molar-refractivity contribution in [1.29, 1.82) is 0 Å². The lowest BCUT2D eigenvalue weighted by Crippen LogP contribution is -2.36. The van der Waals surface area contributed by atoms with Crippen molar-refractivity contribution >= 4 is 0 Å². The normalized spacial score (nSPS) is 11.8. The first-order valence-corrected chi connectivity index (χ1v) is 7.19. The number of quaternary nitrogens is 1. The molecule has 0 fully saturated rings. The van der Waals surface area contributed by atoms with Crippen molar-refractivity contribution in [3.63, 3.8) is 0 Å². The summed E-state index contributed by atoms with van der Waals surface area (Å²) in [6, 6.07) is 8.21. The lowest BCUT2D eigenvalue weighted by molar-refractivity contribution is -0.870. The largest absolute Gasteiger partial charge is 0.384 e. The highest BCUT2D eigenvalue weighted by Gasteiger charge is 2.13. The van der Waals surface area contributed by atoms with Gasteiger partial charge in [0.2, 0.25) is 11.7 Å². The molecule has 0 N–H and O–H groups in total. The van der Waals surface area contributed by atoms with Crippen LogP contribution in [0.4, 0.5) is 0 Å². The number of methoxy groups -OCH3 is 1. The van der Waals surface area contributed by atoms with Crippen LogP contribution in [0.1, 0.15) is 11.5 Å². The predicted octanol–water partition coefficient (Wildman–Crippen LogP) is 2.17. The quantitative estimate of drug-likeness (QED) is 0.733. The monoisotopic (exact) mass is 290 g/mol. The van der Waals surface area contributed by atoms with Crippen molar-refractivity contribution in [2.45, 2.75) is 12.8 Å². The fourth-order valence-electron chi connectivity index (χ4n) is 1.95. The highest BCUT2D eigenvalue weighted by molar-refractivity contribution is 5.54. The molecule has 0 aliphatic rings. The van der Waals surface area contributed by atoms with Gasteiger partial charge in [0.05, 0.1) is 40.7 Å². The van der Waals surface area contributed by atoms with Crippen molar-refractivity contribution in [2.24, 2.45) is 0 Å². The van der Waals surface area contributed by atoms with Crippen molar-refractivity contribution in [1.82, 2.24) is 10.1 Å². The first-order chi connectivity index (χ1) is 9.98. The lowest BCUT2D eigenvalue weighted by Gasteiger charge is -2.22. The van der Waals surface area contributed by atoms with E-state index >= 15 is 0 Å². The van der Waals surface area contributed by atoms with Gasteiger partial charge in [0.15, 0.2) is 0 Å². The molecule has 0 saturated carbocycles. The maximum absolute atomic E-state index is 5.32. The highest BCUT2D eigenvalue weighted by atomic mass is 16.5. The molecular formula is C16H24N3O2+. The standard InChI is InChI=1S/C16H24N3O2/c1-19(2,3)11-9-15-17-16(18-21-15)14-7-5-13(6-8-14)10-12-20-4/h5-8H,9-12H2,1-4H3/q+1. The molecule has 1 aromatic carbocycles. The Labute approximate surface area is 126 Å². The Hall–Kier alpha value is -1.72. The molecular weight excluding hydrogens is 266 g/mol. The van der Waals surface area contributed by atoms with Crippen LogP contribution < -0.4 is 0 Å². The SMILES string of the molecule is COCCc1ccc(-c2noc(CC[N+](C)(C)C)n2)cc1. The van der Waals surface area contributed by atoms with Crippen molar-refractivity contribution in [2.75, 3.05) is 41.4 Å². The van der Waals surface area contributed by atoms with Crippen molar-refractivity contribution in [3.05, 3.63) is 35.7 Å². The van der Waals surface area contributed by atoms with E-state index in [-0.39, 0.29) is 0 Å². The van der Waals surface area contributed by atoms with Gasteiger partial charge in [-0.2, -0.15) is 4.98 Å². The first kappa shape index (κ1) is 15.7. The second kappa shape index (κ2) is 6.83. The number of likely N-dealkylation sites (N-methyl/N-ethyl adjacent to an activating group) is 1. The number of hydrogen-bond acceptors (Lipinski definition) is 4. The number of benzene rings is 1. The van der Waals surface area contributed by atoms with Crippen LogP contribution >= 0.6 is 0 Å². The summed E-state index contributed by atoms with van der Waals surface area (Å²) >= 11 is 0. The van der Waals surface area contributed by atoms with Crippen LogP contribution in [-0.2, 0) is 17.6 Å². The topological polar surface area (TPSA) is 48.2 Å². The minimum absolute atomic E-state index is 0.657. The van der Waals surface area contributed by atoms with E-state index in [2.05, 4.69) is 43.4 Å². The van der Waals surface area contributed by atoms with Gasteiger partial charge in [0.25, 0.3) is 0 Å². The Morgan fingerprint density at radius 2 is 1.81 bits per heavy atom. The maximum atomic E-state index is 5.32. The fourth-order valence-corrected chi connectivity index (χ4v) is 1.95. The molecule has 114 valence electrons. The molecule has 2 rings (SSSR count). The molecule has 0 aliphatic heterocycles. The molecule has 5 nitrogen and oxygen atoms in total. The highest BCUT2D eigenvalue weighted by Crippen LogP contribution is 2.17. The van der Waals surface area contributed by atoms with Crippen LogP contribution in [0.25, 0.3) is 11.4 Å². The average Bonchev–Trinajstić information content (AvgIpc) is 2.92. The van der Waals surface area contributed by atoms with E-state index < -0.39 is 0 Å². The van der Waals surface area contributed by atoms with E-state index in [1.54, 1.807) is 7.11 Å². The second-order valence-electron chi connectivity index (χ2n) is 6.22. The van der Waals surface area contributed by atoms with Crippen LogP contribution in [0.15, 0.2) is 28.8 Å². The van der Waals surface area contributed by atoms with E-state index in [1.165, 1.54) is 5.56 Å². The predicted molar refractivity (Wildman–Crippen MR) is 81.9 cm³/mol. The minimum Gasteiger partial charge on any atom is -0.384 e. The zero-order chi connectivity index (χ0) is 15.3. The molecule has 1 heterocycles. The maximum Gasteiger partial charge on any atom is 0.232 e. The Morgan fingerprint density at radius 1 is 1.10 bits per heavy atom. The van der Waals surface area contributed by atoms with Crippen LogP contribution in [0, 0.1) is 0 Å². The summed E-state index contributed by atoms with van der Waals surface area (Å²) in [5.41, 5.74) is 2.23. The van der Waals surface area contributed by atoms with Crippen LogP contribution in [0.5, 0.6) is 0 Å². The van der Waals surface area contributed by atoms with Crippen LogP contribution in [-0.4, -0.2) is 56.0 Å². The second-order valence-corrected chi connectivity index (χ2v) is 6.22. The van der Waals surface area contributed by atoms with E-state index in [1.807, 2.05) is 12.1 Å². The molecule has 0 saturated heterocycles. The molecule has 0 atom stereocenters. The van der Waals surface area contributed by atoms with Crippen molar-refractivity contribution in [3.8, 4) is 11.4 Å². The summed E-state index contributed by atoms with van der Waals surface area (Å²) in [6.07, 6.45) is 1.71. The summed E-state index contributed by atoms with van der Waals surface area (Å²) in [5.74, 6) is 1.35. The Bertz CT molecular complexity index is 556. The van der Waals surface area contributed by atoms with Gasteiger partial charge < -0.3 is 13.7 Å². The van der Waals surface area contributed by atoms with Gasteiger partial charge in [0, 0.05) is 12.7 Å². The average molecular weight is 290 g/mol. The van der Waals surface area contributed by atoms with E-state index in [9.17, 15) is 0 Å². The van der Waals surface area contributed by atoms with Gasteiger partial charge >= 0.3 is 0 Å².